The van der Waals surface area contributed by atoms with E-state index in [0.29, 0.717) is 28.2 Å². The molecule has 9 nitrogen and oxygen atoms in total. The van der Waals surface area contributed by atoms with Crippen molar-refractivity contribution >= 4 is 44.6 Å². The van der Waals surface area contributed by atoms with E-state index in [1.807, 2.05) is 54.2 Å². The first-order chi connectivity index (χ1) is 15.9. The van der Waals surface area contributed by atoms with E-state index >= 15 is 0 Å². The molecule has 9 heteroatoms. The predicted molar refractivity (Wildman–Crippen MR) is 127 cm³/mol. The highest BCUT2D eigenvalue weighted by atomic mass is 16.5. The first kappa shape index (κ1) is 20.5. The standard InChI is InChI=1S/C24H22N6O3/c1-14-23(15(2)33-28-14)27-21(31)13-30-10-9-16-5-4-6-19(22(16)24(30)32)26-18-7-8-20-17(11-18)12-25-29(20)3/h4-12,26H,13H2,1-3H3,(H,27,31). The monoisotopic (exact) mass is 442 g/mol. The lowest BCUT2D eigenvalue weighted by Gasteiger charge is -2.12. The summed E-state index contributed by atoms with van der Waals surface area (Å²) in [7, 11) is 1.89. The van der Waals surface area contributed by atoms with Crippen molar-refractivity contribution in [2.45, 2.75) is 20.4 Å². The van der Waals surface area contributed by atoms with Gasteiger partial charge in [0.05, 0.1) is 22.8 Å². The van der Waals surface area contributed by atoms with Crippen LogP contribution in [0.4, 0.5) is 17.1 Å². The third-order valence-corrected chi connectivity index (χ3v) is 5.64. The van der Waals surface area contributed by atoms with Crippen molar-refractivity contribution in [1.29, 1.82) is 0 Å². The molecule has 3 heterocycles. The molecule has 0 atom stereocenters. The van der Waals surface area contributed by atoms with E-state index in [-0.39, 0.29) is 18.0 Å². The second-order valence-corrected chi connectivity index (χ2v) is 7.93. The number of aryl methyl sites for hydroxylation is 3. The largest absolute Gasteiger partial charge is 0.359 e. The molecule has 0 bridgehead atoms. The van der Waals surface area contributed by atoms with Gasteiger partial charge in [0, 0.05) is 24.3 Å². The fourth-order valence-electron chi connectivity index (χ4n) is 3.95. The number of amides is 1. The van der Waals surface area contributed by atoms with Crippen LogP contribution < -0.4 is 16.2 Å². The molecule has 5 rings (SSSR count). The van der Waals surface area contributed by atoms with Crippen molar-refractivity contribution in [3.05, 3.63) is 76.7 Å². The molecule has 5 aromatic rings. The molecule has 33 heavy (non-hydrogen) atoms. The molecule has 0 aliphatic rings. The summed E-state index contributed by atoms with van der Waals surface area (Å²) in [5, 5.41) is 16.5. The van der Waals surface area contributed by atoms with E-state index in [1.54, 1.807) is 26.2 Å². The van der Waals surface area contributed by atoms with Crippen LogP contribution in [-0.2, 0) is 18.4 Å². The van der Waals surface area contributed by atoms with Crippen LogP contribution >= 0.6 is 0 Å². The average Bonchev–Trinajstić information content (AvgIpc) is 3.32. The highest BCUT2D eigenvalue weighted by molar-refractivity contribution is 5.96. The summed E-state index contributed by atoms with van der Waals surface area (Å²) >= 11 is 0. The summed E-state index contributed by atoms with van der Waals surface area (Å²) in [6, 6.07) is 13.4. The smallest absolute Gasteiger partial charge is 0.261 e. The number of carbonyl (C=O) groups is 1. The Morgan fingerprint density at radius 1 is 1.12 bits per heavy atom. The zero-order valence-corrected chi connectivity index (χ0v) is 18.4. The quantitative estimate of drug-likeness (QED) is 0.428. The van der Waals surface area contributed by atoms with Crippen molar-refractivity contribution in [1.82, 2.24) is 19.5 Å². The summed E-state index contributed by atoms with van der Waals surface area (Å²) in [6.07, 6.45) is 3.43. The first-order valence-corrected chi connectivity index (χ1v) is 10.4. The van der Waals surface area contributed by atoms with Gasteiger partial charge in [-0.15, -0.1) is 0 Å². The van der Waals surface area contributed by atoms with Crippen LogP contribution in [0, 0.1) is 13.8 Å². The molecule has 0 fully saturated rings. The Morgan fingerprint density at radius 3 is 2.76 bits per heavy atom. The fraction of sp³-hybridized carbons (Fsp3) is 0.167. The fourth-order valence-corrected chi connectivity index (χ4v) is 3.95. The summed E-state index contributed by atoms with van der Waals surface area (Å²) in [5.41, 5.74) is 3.39. The van der Waals surface area contributed by atoms with Crippen molar-refractivity contribution in [2.24, 2.45) is 7.05 Å². The number of carbonyl (C=O) groups excluding carboxylic acids is 1. The summed E-state index contributed by atoms with van der Waals surface area (Å²) in [4.78, 5) is 25.9. The SMILES string of the molecule is Cc1noc(C)c1NC(=O)Cn1ccc2cccc(Nc3ccc4c(cnn4C)c3)c2c1=O. The number of aromatic nitrogens is 4. The van der Waals surface area contributed by atoms with Gasteiger partial charge in [0.15, 0.2) is 5.76 Å². The molecule has 0 spiro atoms. The number of nitrogens with one attached hydrogen (secondary N) is 2. The molecule has 0 aliphatic heterocycles. The Balaban J connectivity index is 1.47. The van der Waals surface area contributed by atoms with Gasteiger partial charge in [-0.1, -0.05) is 17.3 Å². The lowest BCUT2D eigenvalue weighted by atomic mass is 10.1. The average molecular weight is 442 g/mol. The first-order valence-electron chi connectivity index (χ1n) is 10.4. The molecule has 0 unspecified atom stereocenters. The van der Waals surface area contributed by atoms with E-state index in [9.17, 15) is 9.59 Å². The Bertz CT molecular complexity index is 1560. The van der Waals surface area contributed by atoms with Crippen LogP contribution in [-0.4, -0.2) is 25.4 Å². The summed E-state index contributed by atoms with van der Waals surface area (Å²) in [5.74, 6) is 0.182. The second-order valence-electron chi connectivity index (χ2n) is 7.93. The maximum Gasteiger partial charge on any atom is 0.261 e. The van der Waals surface area contributed by atoms with Crippen molar-refractivity contribution in [2.75, 3.05) is 10.6 Å². The number of hydrogen-bond acceptors (Lipinski definition) is 6. The van der Waals surface area contributed by atoms with E-state index in [2.05, 4.69) is 20.9 Å². The molecular weight excluding hydrogens is 420 g/mol. The van der Waals surface area contributed by atoms with Crippen LogP contribution in [0.15, 0.2) is 64.2 Å². The third kappa shape index (κ3) is 3.73. The van der Waals surface area contributed by atoms with Gasteiger partial charge in [0.1, 0.15) is 17.9 Å². The van der Waals surface area contributed by atoms with Crippen LogP contribution in [0.1, 0.15) is 11.5 Å². The van der Waals surface area contributed by atoms with Crippen LogP contribution in [0.25, 0.3) is 21.7 Å². The number of fused-ring (bicyclic) bond motifs is 2. The van der Waals surface area contributed by atoms with Gasteiger partial charge in [0.25, 0.3) is 5.56 Å². The van der Waals surface area contributed by atoms with Crippen LogP contribution in [0.2, 0.25) is 0 Å². The zero-order chi connectivity index (χ0) is 23.1. The van der Waals surface area contributed by atoms with Crippen LogP contribution in [0.5, 0.6) is 0 Å². The molecule has 0 aliphatic carbocycles. The Kier molecular flexibility index (Phi) is 4.93. The number of hydrogen-bond donors (Lipinski definition) is 2. The lowest BCUT2D eigenvalue weighted by molar-refractivity contribution is -0.116. The molecule has 1 amide bonds. The molecule has 0 saturated carbocycles. The van der Waals surface area contributed by atoms with Gasteiger partial charge in [-0.2, -0.15) is 5.10 Å². The van der Waals surface area contributed by atoms with Gasteiger partial charge in [-0.3, -0.25) is 14.3 Å². The van der Waals surface area contributed by atoms with Crippen molar-refractivity contribution < 1.29 is 9.32 Å². The predicted octanol–water partition coefficient (Wildman–Crippen LogP) is 3.88. The van der Waals surface area contributed by atoms with Gasteiger partial charge in [-0.25, -0.2) is 0 Å². The summed E-state index contributed by atoms with van der Waals surface area (Å²) < 4.78 is 8.28. The summed E-state index contributed by atoms with van der Waals surface area (Å²) in [6.45, 7) is 3.34. The Labute approximate surface area is 188 Å². The van der Waals surface area contributed by atoms with Gasteiger partial charge < -0.3 is 19.7 Å². The van der Waals surface area contributed by atoms with Gasteiger partial charge in [0.2, 0.25) is 5.91 Å². The second kappa shape index (κ2) is 7.94. The Morgan fingerprint density at radius 2 is 1.97 bits per heavy atom. The van der Waals surface area contributed by atoms with E-state index < -0.39 is 0 Å². The molecule has 166 valence electrons. The number of rotatable bonds is 5. The number of pyridine rings is 1. The molecule has 3 aromatic heterocycles. The molecular formula is C24H22N6O3. The number of nitrogens with zero attached hydrogens (tertiary/aromatic N) is 4. The third-order valence-electron chi connectivity index (χ3n) is 5.64. The van der Waals surface area contributed by atoms with E-state index in [4.69, 9.17) is 4.52 Å². The van der Waals surface area contributed by atoms with Gasteiger partial charge in [-0.05, 0) is 49.6 Å². The maximum atomic E-state index is 13.3. The number of anilines is 3. The normalized spacial score (nSPS) is 11.2. The van der Waals surface area contributed by atoms with Crippen LogP contribution in [0.3, 0.4) is 0 Å². The van der Waals surface area contributed by atoms with Crippen molar-refractivity contribution in [3.8, 4) is 0 Å². The molecule has 0 saturated heterocycles. The molecule has 2 aromatic carbocycles. The van der Waals surface area contributed by atoms with Crippen molar-refractivity contribution in [3.63, 3.8) is 0 Å². The number of benzene rings is 2. The lowest BCUT2D eigenvalue weighted by Crippen LogP contribution is -2.27. The van der Waals surface area contributed by atoms with E-state index in [0.717, 1.165) is 22.0 Å². The minimum Gasteiger partial charge on any atom is -0.359 e. The highest BCUT2D eigenvalue weighted by Crippen LogP contribution is 2.26. The minimum absolute atomic E-state index is 0.130. The van der Waals surface area contributed by atoms with Gasteiger partial charge >= 0.3 is 0 Å². The zero-order valence-electron chi connectivity index (χ0n) is 18.4. The van der Waals surface area contributed by atoms with E-state index in [1.165, 1.54) is 4.57 Å². The highest BCUT2D eigenvalue weighted by Gasteiger charge is 2.15. The maximum absolute atomic E-state index is 13.3. The molecule has 2 N–H and O–H groups in total. The Hall–Kier alpha value is -4.40. The minimum atomic E-state index is -0.335. The molecule has 0 radical (unpaired) electrons. The topological polar surface area (TPSA) is 107 Å².